The van der Waals surface area contributed by atoms with Crippen LogP contribution in [-0.2, 0) is 0 Å². The van der Waals surface area contributed by atoms with Crippen LogP contribution in [0.2, 0.25) is 0 Å². The molecule has 0 bridgehead atoms. The van der Waals surface area contributed by atoms with Crippen molar-refractivity contribution in [2.45, 2.75) is 52.0 Å². The van der Waals surface area contributed by atoms with Crippen molar-refractivity contribution in [1.29, 1.82) is 0 Å². The summed E-state index contributed by atoms with van der Waals surface area (Å²) in [5, 5.41) is 2.45. The number of hydrogen-bond donors (Lipinski definition) is 1. The Hall–Kier alpha value is -0.0800. The van der Waals surface area contributed by atoms with Gasteiger partial charge in [-0.2, -0.15) is 0 Å². The third-order valence-corrected chi connectivity index (χ3v) is 2.31. The molecule has 2 nitrogen and oxygen atoms in total. The summed E-state index contributed by atoms with van der Waals surface area (Å²) in [5.41, 5.74) is 3.50. The second-order valence-electron chi connectivity index (χ2n) is 3.69. The van der Waals surface area contributed by atoms with Gasteiger partial charge >= 0.3 is 0 Å². The first-order valence-electron chi connectivity index (χ1n) is 5.38. The molecule has 0 atom stereocenters. The van der Waals surface area contributed by atoms with Gasteiger partial charge in [-0.15, -0.1) is 0 Å². The van der Waals surface area contributed by atoms with Crippen molar-refractivity contribution in [3.05, 3.63) is 0 Å². The molecule has 1 N–H and O–H groups in total. The lowest BCUT2D eigenvalue weighted by molar-refractivity contribution is 0.174. The maximum Gasteiger partial charge on any atom is 0.0244 e. The third-order valence-electron chi connectivity index (χ3n) is 2.31. The summed E-state index contributed by atoms with van der Waals surface area (Å²) in [6.45, 7) is 6.85. The highest BCUT2D eigenvalue weighted by molar-refractivity contribution is 4.82. The van der Waals surface area contributed by atoms with Crippen molar-refractivity contribution in [2.75, 3.05) is 13.1 Å². The van der Waals surface area contributed by atoms with E-state index in [1.165, 1.54) is 38.6 Å². The minimum absolute atomic E-state index is 0.864. The van der Waals surface area contributed by atoms with Gasteiger partial charge in [-0.1, -0.05) is 20.3 Å². The monoisotopic (exact) mass is 170 g/mol. The van der Waals surface area contributed by atoms with E-state index in [0.29, 0.717) is 0 Å². The first kappa shape index (κ1) is 10.0. The Morgan fingerprint density at radius 1 is 1.25 bits per heavy atom. The van der Waals surface area contributed by atoms with E-state index in [0.717, 1.165) is 12.6 Å². The summed E-state index contributed by atoms with van der Waals surface area (Å²) >= 11 is 0. The topological polar surface area (TPSA) is 15.3 Å². The van der Waals surface area contributed by atoms with E-state index in [1.807, 2.05) is 0 Å². The van der Waals surface area contributed by atoms with E-state index in [-0.39, 0.29) is 0 Å². The van der Waals surface area contributed by atoms with Crippen LogP contribution >= 0.6 is 0 Å². The second kappa shape index (κ2) is 5.55. The highest BCUT2D eigenvalue weighted by atomic mass is 15.5. The Bertz CT molecular complexity index is 102. The Morgan fingerprint density at radius 3 is 2.50 bits per heavy atom. The van der Waals surface area contributed by atoms with Gasteiger partial charge in [0.25, 0.3) is 0 Å². The average molecular weight is 170 g/mol. The average Bonchev–Trinajstić information content (AvgIpc) is 2.88. The maximum atomic E-state index is 3.50. The lowest BCUT2D eigenvalue weighted by atomic mass is 10.3. The van der Waals surface area contributed by atoms with Crippen LogP contribution in [0.1, 0.15) is 46.0 Å². The molecular formula is C10H22N2. The van der Waals surface area contributed by atoms with Crippen molar-refractivity contribution in [2.24, 2.45) is 0 Å². The molecule has 0 aromatic carbocycles. The van der Waals surface area contributed by atoms with Gasteiger partial charge in [-0.05, 0) is 25.7 Å². The van der Waals surface area contributed by atoms with Crippen LogP contribution in [0.5, 0.6) is 0 Å². The standard InChI is InChI=1S/C10H22N2/c1-3-5-9-12(10-6-7-10)11-8-4-2/h10-11H,3-9H2,1-2H3. The van der Waals surface area contributed by atoms with E-state index in [1.54, 1.807) is 0 Å². The quantitative estimate of drug-likeness (QED) is 0.589. The first-order valence-corrected chi connectivity index (χ1v) is 5.38. The van der Waals surface area contributed by atoms with Crippen molar-refractivity contribution < 1.29 is 0 Å². The maximum absolute atomic E-state index is 3.50. The molecule has 12 heavy (non-hydrogen) atoms. The lowest BCUT2D eigenvalue weighted by Gasteiger charge is -2.22. The van der Waals surface area contributed by atoms with E-state index >= 15 is 0 Å². The molecule has 1 fully saturated rings. The number of nitrogens with one attached hydrogen (secondary N) is 1. The second-order valence-corrected chi connectivity index (χ2v) is 3.69. The first-order chi connectivity index (χ1) is 5.88. The van der Waals surface area contributed by atoms with Gasteiger partial charge < -0.3 is 0 Å². The van der Waals surface area contributed by atoms with Crippen molar-refractivity contribution in [1.82, 2.24) is 10.4 Å². The normalized spacial score (nSPS) is 17.2. The van der Waals surface area contributed by atoms with Crippen LogP contribution in [0, 0.1) is 0 Å². The number of nitrogens with zero attached hydrogens (tertiary/aromatic N) is 1. The predicted octanol–water partition coefficient (Wildman–Crippen LogP) is 2.17. The van der Waals surface area contributed by atoms with Crippen LogP contribution in [0.3, 0.4) is 0 Å². The molecule has 0 saturated heterocycles. The van der Waals surface area contributed by atoms with Crippen LogP contribution in [0.15, 0.2) is 0 Å². The fourth-order valence-electron chi connectivity index (χ4n) is 1.36. The minimum Gasteiger partial charge on any atom is -0.255 e. The molecule has 0 unspecified atom stereocenters. The molecule has 1 rings (SSSR count). The van der Waals surface area contributed by atoms with Gasteiger partial charge in [-0.3, -0.25) is 5.43 Å². The van der Waals surface area contributed by atoms with Gasteiger partial charge in [-0.25, -0.2) is 5.01 Å². The Kier molecular flexibility index (Phi) is 4.62. The van der Waals surface area contributed by atoms with Gasteiger partial charge in [0.15, 0.2) is 0 Å². The summed E-state index contributed by atoms with van der Waals surface area (Å²) in [6, 6.07) is 0.864. The number of rotatable bonds is 7. The zero-order valence-electron chi connectivity index (χ0n) is 8.47. The van der Waals surface area contributed by atoms with Gasteiger partial charge in [0, 0.05) is 19.1 Å². The Morgan fingerprint density at radius 2 is 2.00 bits per heavy atom. The number of hydrogen-bond acceptors (Lipinski definition) is 2. The molecule has 1 aliphatic carbocycles. The molecule has 0 aromatic heterocycles. The van der Waals surface area contributed by atoms with E-state index < -0.39 is 0 Å². The van der Waals surface area contributed by atoms with Crippen LogP contribution in [0.25, 0.3) is 0 Å². The van der Waals surface area contributed by atoms with E-state index in [4.69, 9.17) is 0 Å². The molecule has 0 radical (unpaired) electrons. The Labute approximate surface area is 76.3 Å². The summed E-state index contributed by atoms with van der Waals surface area (Å²) in [5.74, 6) is 0. The van der Waals surface area contributed by atoms with E-state index in [9.17, 15) is 0 Å². The third kappa shape index (κ3) is 3.55. The lowest BCUT2D eigenvalue weighted by Crippen LogP contribution is -2.40. The molecule has 0 aromatic rings. The summed E-state index contributed by atoms with van der Waals surface area (Å²) in [4.78, 5) is 0. The van der Waals surface area contributed by atoms with Gasteiger partial charge in [0.1, 0.15) is 0 Å². The predicted molar refractivity (Wildman–Crippen MR) is 52.9 cm³/mol. The molecule has 1 saturated carbocycles. The fourth-order valence-corrected chi connectivity index (χ4v) is 1.36. The summed E-state index contributed by atoms with van der Waals surface area (Å²) < 4.78 is 0. The van der Waals surface area contributed by atoms with Crippen LogP contribution in [0.4, 0.5) is 0 Å². The van der Waals surface area contributed by atoms with Gasteiger partial charge in [0.2, 0.25) is 0 Å². The molecule has 2 heteroatoms. The van der Waals surface area contributed by atoms with Crippen molar-refractivity contribution in [3.8, 4) is 0 Å². The molecule has 1 aliphatic rings. The van der Waals surface area contributed by atoms with Crippen molar-refractivity contribution in [3.63, 3.8) is 0 Å². The highest BCUT2D eigenvalue weighted by Crippen LogP contribution is 2.25. The summed E-state index contributed by atoms with van der Waals surface area (Å²) in [6.07, 6.45) is 6.67. The van der Waals surface area contributed by atoms with Gasteiger partial charge in [0.05, 0.1) is 0 Å². The molecule has 72 valence electrons. The van der Waals surface area contributed by atoms with Crippen LogP contribution < -0.4 is 5.43 Å². The largest absolute Gasteiger partial charge is 0.255 e. The molecule has 0 amide bonds. The highest BCUT2D eigenvalue weighted by Gasteiger charge is 2.27. The Balaban J connectivity index is 2.09. The fraction of sp³-hybridized carbons (Fsp3) is 1.00. The summed E-state index contributed by atoms with van der Waals surface area (Å²) in [7, 11) is 0. The zero-order valence-corrected chi connectivity index (χ0v) is 8.47. The van der Waals surface area contributed by atoms with Crippen LogP contribution in [-0.4, -0.2) is 24.1 Å². The molecule has 0 heterocycles. The minimum atomic E-state index is 0.864. The zero-order chi connectivity index (χ0) is 8.81. The molecule has 0 spiro atoms. The smallest absolute Gasteiger partial charge is 0.0244 e. The SMILES string of the molecule is CCCCN(NCCC)C1CC1. The molecule has 0 aliphatic heterocycles. The molecular weight excluding hydrogens is 148 g/mol. The number of unbranched alkanes of at least 4 members (excludes halogenated alkanes) is 1. The van der Waals surface area contributed by atoms with Crippen molar-refractivity contribution >= 4 is 0 Å². The number of hydrazine groups is 1. The van der Waals surface area contributed by atoms with E-state index in [2.05, 4.69) is 24.3 Å².